The standard InChI is InChI=1S/C15H15NO3/c1-18-13-9-7-12(8-10-13)11-16(17)14-5-3-4-6-15(14)19-2/h3-11H,1-2H3/b16-11-. The van der Waals surface area contributed by atoms with Crippen molar-refractivity contribution in [3.63, 3.8) is 0 Å². The fraction of sp³-hybridized carbons (Fsp3) is 0.133. The van der Waals surface area contributed by atoms with Gasteiger partial charge < -0.3 is 14.7 Å². The number of para-hydroxylation sites is 2. The Morgan fingerprint density at radius 1 is 0.947 bits per heavy atom. The van der Waals surface area contributed by atoms with Crippen LogP contribution in [0.2, 0.25) is 0 Å². The van der Waals surface area contributed by atoms with Crippen molar-refractivity contribution in [3.05, 3.63) is 59.3 Å². The number of methoxy groups -OCH3 is 2. The zero-order chi connectivity index (χ0) is 13.7. The second-order valence-corrected chi connectivity index (χ2v) is 3.90. The maximum absolute atomic E-state index is 12.1. The SMILES string of the molecule is COc1ccc(/C=[N+](\[O-])c2ccccc2OC)cc1. The Balaban J connectivity index is 2.31. The third kappa shape index (κ3) is 3.04. The Kier molecular flexibility index (Phi) is 4.03. The highest BCUT2D eigenvalue weighted by Gasteiger charge is 2.09. The van der Waals surface area contributed by atoms with Crippen LogP contribution in [0.15, 0.2) is 48.5 Å². The molecule has 0 saturated heterocycles. The average Bonchev–Trinajstić information content (AvgIpc) is 2.48. The number of hydrogen-bond acceptors (Lipinski definition) is 3. The van der Waals surface area contributed by atoms with Crippen LogP contribution in [0.3, 0.4) is 0 Å². The Labute approximate surface area is 112 Å². The molecule has 2 aromatic carbocycles. The maximum Gasteiger partial charge on any atom is 0.258 e. The van der Waals surface area contributed by atoms with E-state index >= 15 is 0 Å². The molecule has 0 amide bonds. The summed E-state index contributed by atoms with van der Waals surface area (Å²) in [7, 11) is 3.15. The number of benzene rings is 2. The predicted molar refractivity (Wildman–Crippen MR) is 74.4 cm³/mol. The van der Waals surface area contributed by atoms with Crippen molar-refractivity contribution in [3.8, 4) is 11.5 Å². The second-order valence-electron chi connectivity index (χ2n) is 3.90. The lowest BCUT2D eigenvalue weighted by Gasteiger charge is -2.07. The van der Waals surface area contributed by atoms with Crippen LogP contribution in [-0.2, 0) is 0 Å². The molecule has 0 unspecified atom stereocenters. The van der Waals surface area contributed by atoms with Gasteiger partial charge in [-0.15, -0.1) is 0 Å². The summed E-state index contributed by atoms with van der Waals surface area (Å²) < 4.78 is 11.0. The summed E-state index contributed by atoms with van der Waals surface area (Å²) in [5.41, 5.74) is 1.27. The van der Waals surface area contributed by atoms with Gasteiger partial charge in [0, 0.05) is 11.6 Å². The lowest BCUT2D eigenvalue weighted by Crippen LogP contribution is -2.00. The molecule has 0 atom stereocenters. The second kappa shape index (κ2) is 5.91. The summed E-state index contributed by atoms with van der Waals surface area (Å²) in [6.07, 6.45) is 1.50. The Bertz CT molecular complexity index is 576. The van der Waals surface area contributed by atoms with E-state index in [9.17, 15) is 5.21 Å². The minimum Gasteiger partial charge on any atom is -0.618 e. The minimum atomic E-state index is 0.473. The molecule has 0 bridgehead atoms. The average molecular weight is 257 g/mol. The summed E-state index contributed by atoms with van der Waals surface area (Å²) in [5.74, 6) is 1.30. The van der Waals surface area contributed by atoms with Gasteiger partial charge in [0.2, 0.25) is 0 Å². The van der Waals surface area contributed by atoms with Gasteiger partial charge in [0.05, 0.1) is 14.2 Å². The summed E-state index contributed by atoms with van der Waals surface area (Å²) in [5, 5.41) is 12.1. The number of rotatable bonds is 4. The van der Waals surface area contributed by atoms with Crippen LogP contribution in [-0.4, -0.2) is 25.2 Å². The van der Waals surface area contributed by atoms with Crippen molar-refractivity contribution in [1.82, 2.24) is 0 Å². The van der Waals surface area contributed by atoms with Crippen LogP contribution in [0.5, 0.6) is 11.5 Å². The van der Waals surface area contributed by atoms with E-state index in [4.69, 9.17) is 9.47 Å². The van der Waals surface area contributed by atoms with Gasteiger partial charge in [0.25, 0.3) is 5.69 Å². The molecule has 0 saturated carbocycles. The van der Waals surface area contributed by atoms with Crippen molar-refractivity contribution < 1.29 is 14.2 Å². The number of ether oxygens (including phenoxy) is 2. The largest absolute Gasteiger partial charge is 0.618 e. The summed E-state index contributed by atoms with van der Waals surface area (Å²) in [4.78, 5) is 0. The van der Waals surface area contributed by atoms with E-state index in [2.05, 4.69) is 0 Å². The number of nitrogens with zero attached hydrogens (tertiary/aromatic N) is 1. The van der Waals surface area contributed by atoms with E-state index in [1.165, 1.54) is 6.21 Å². The topological polar surface area (TPSA) is 44.5 Å². The van der Waals surface area contributed by atoms with Crippen LogP contribution in [0, 0.1) is 5.21 Å². The molecule has 19 heavy (non-hydrogen) atoms. The fourth-order valence-electron chi connectivity index (χ4n) is 1.71. The van der Waals surface area contributed by atoms with Crippen molar-refractivity contribution in [2.75, 3.05) is 14.2 Å². The van der Waals surface area contributed by atoms with E-state index in [-0.39, 0.29) is 0 Å². The molecule has 0 radical (unpaired) electrons. The molecule has 2 rings (SSSR count). The predicted octanol–water partition coefficient (Wildman–Crippen LogP) is 2.96. The van der Waals surface area contributed by atoms with E-state index in [1.807, 2.05) is 30.3 Å². The molecule has 0 aliphatic heterocycles. The molecule has 4 nitrogen and oxygen atoms in total. The molecule has 0 fully saturated rings. The molecule has 98 valence electrons. The maximum atomic E-state index is 12.1. The minimum absolute atomic E-state index is 0.473. The van der Waals surface area contributed by atoms with Crippen LogP contribution in [0.25, 0.3) is 0 Å². The lowest BCUT2D eigenvalue weighted by molar-refractivity contribution is -0.355. The van der Waals surface area contributed by atoms with Crippen LogP contribution in [0.4, 0.5) is 5.69 Å². The summed E-state index contributed by atoms with van der Waals surface area (Å²) in [6.45, 7) is 0. The van der Waals surface area contributed by atoms with Crippen LogP contribution in [0.1, 0.15) is 5.56 Å². The third-order valence-electron chi connectivity index (χ3n) is 2.70. The van der Waals surface area contributed by atoms with Gasteiger partial charge in [-0.3, -0.25) is 0 Å². The first-order valence-electron chi connectivity index (χ1n) is 5.83. The lowest BCUT2D eigenvalue weighted by atomic mass is 10.2. The Hall–Kier alpha value is -2.49. The quantitative estimate of drug-likeness (QED) is 0.366. The zero-order valence-electron chi connectivity index (χ0n) is 10.9. The first-order valence-corrected chi connectivity index (χ1v) is 5.83. The highest BCUT2D eigenvalue weighted by Crippen LogP contribution is 2.25. The van der Waals surface area contributed by atoms with Gasteiger partial charge in [0.1, 0.15) is 5.75 Å². The third-order valence-corrected chi connectivity index (χ3v) is 2.70. The van der Waals surface area contributed by atoms with Crippen molar-refractivity contribution in [2.45, 2.75) is 0 Å². The molecule has 0 spiro atoms. The van der Waals surface area contributed by atoms with E-state index in [1.54, 1.807) is 32.4 Å². The number of hydrogen-bond donors (Lipinski definition) is 0. The van der Waals surface area contributed by atoms with Crippen LogP contribution >= 0.6 is 0 Å². The molecule has 4 heteroatoms. The zero-order valence-corrected chi connectivity index (χ0v) is 10.9. The van der Waals surface area contributed by atoms with Gasteiger partial charge in [-0.05, 0) is 30.3 Å². The fourth-order valence-corrected chi connectivity index (χ4v) is 1.71. The van der Waals surface area contributed by atoms with E-state index in [0.29, 0.717) is 11.4 Å². The highest BCUT2D eigenvalue weighted by atomic mass is 16.5. The molecular weight excluding hydrogens is 242 g/mol. The van der Waals surface area contributed by atoms with Gasteiger partial charge in [-0.1, -0.05) is 12.1 Å². The Morgan fingerprint density at radius 3 is 2.26 bits per heavy atom. The van der Waals surface area contributed by atoms with Crippen molar-refractivity contribution in [2.24, 2.45) is 0 Å². The molecular formula is C15H15NO3. The first kappa shape index (κ1) is 13.0. The van der Waals surface area contributed by atoms with E-state index < -0.39 is 0 Å². The van der Waals surface area contributed by atoms with Crippen molar-refractivity contribution >= 4 is 11.9 Å². The molecule has 0 heterocycles. The van der Waals surface area contributed by atoms with Gasteiger partial charge in [-0.25, -0.2) is 0 Å². The highest BCUT2D eigenvalue weighted by molar-refractivity contribution is 5.77. The first-order chi connectivity index (χ1) is 9.24. The molecule has 2 aromatic rings. The molecule has 0 N–H and O–H groups in total. The normalized spacial score (nSPS) is 11.2. The smallest absolute Gasteiger partial charge is 0.258 e. The molecule has 0 aromatic heterocycles. The summed E-state index contributed by atoms with van der Waals surface area (Å²) in [6, 6.07) is 14.3. The Morgan fingerprint density at radius 2 is 1.63 bits per heavy atom. The molecule has 0 aliphatic carbocycles. The van der Waals surface area contributed by atoms with Gasteiger partial charge >= 0.3 is 0 Å². The summed E-state index contributed by atoms with van der Waals surface area (Å²) >= 11 is 0. The van der Waals surface area contributed by atoms with Crippen molar-refractivity contribution in [1.29, 1.82) is 0 Å². The van der Waals surface area contributed by atoms with Gasteiger partial charge in [-0.2, -0.15) is 4.74 Å². The van der Waals surface area contributed by atoms with Crippen LogP contribution < -0.4 is 9.47 Å². The van der Waals surface area contributed by atoms with E-state index in [0.717, 1.165) is 16.1 Å². The van der Waals surface area contributed by atoms with Gasteiger partial charge in [0.15, 0.2) is 12.0 Å². The monoisotopic (exact) mass is 257 g/mol. The molecule has 0 aliphatic rings.